The van der Waals surface area contributed by atoms with Gasteiger partial charge in [-0.15, -0.1) is 11.3 Å². The van der Waals surface area contributed by atoms with Gasteiger partial charge in [0.15, 0.2) is 5.92 Å². The molecule has 0 fully saturated rings. The van der Waals surface area contributed by atoms with Gasteiger partial charge in [-0.1, -0.05) is 6.07 Å². The second-order valence-corrected chi connectivity index (χ2v) is 6.27. The van der Waals surface area contributed by atoms with Crippen molar-refractivity contribution in [1.29, 1.82) is 5.26 Å². The van der Waals surface area contributed by atoms with Gasteiger partial charge in [-0.25, -0.2) is 4.98 Å². The van der Waals surface area contributed by atoms with E-state index in [1.54, 1.807) is 37.4 Å². The van der Waals surface area contributed by atoms with E-state index in [0.29, 0.717) is 21.1 Å². The van der Waals surface area contributed by atoms with Crippen LogP contribution >= 0.6 is 11.3 Å². The maximum absolute atomic E-state index is 12.4. The Morgan fingerprint density at radius 2 is 2.08 bits per heavy atom. The number of aryl methyl sites for hydroxylation is 1. The van der Waals surface area contributed by atoms with Crippen molar-refractivity contribution in [2.24, 2.45) is 5.92 Å². The zero-order valence-corrected chi connectivity index (χ0v) is 13.5. The molecule has 0 saturated carbocycles. The second kappa shape index (κ2) is 6.56. The van der Waals surface area contributed by atoms with E-state index in [1.165, 1.54) is 6.20 Å². The van der Waals surface area contributed by atoms with Crippen molar-refractivity contribution in [1.82, 2.24) is 9.97 Å². The lowest BCUT2D eigenvalue weighted by atomic mass is 10.0. The molecule has 0 spiro atoms. The molecule has 0 bridgehead atoms. The van der Waals surface area contributed by atoms with Crippen LogP contribution in [0, 0.1) is 24.2 Å². The Morgan fingerprint density at radius 1 is 1.25 bits per heavy atom. The van der Waals surface area contributed by atoms with Crippen LogP contribution in [-0.4, -0.2) is 21.7 Å². The van der Waals surface area contributed by atoms with Gasteiger partial charge in [0.05, 0.1) is 27.2 Å². The SMILES string of the molecule is Cc1ncc(C(=O)[C@H](C#N)C(=O)Nc2cccc3ncccc23)s1. The van der Waals surface area contributed by atoms with E-state index >= 15 is 0 Å². The fraction of sp³-hybridized carbons (Fsp3) is 0.118. The van der Waals surface area contributed by atoms with Crippen molar-refractivity contribution in [2.75, 3.05) is 5.32 Å². The number of carbonyl (C=O) groups is 2. The van der Waals surface area contributed by atoms with Gasteiger partial charge >= 0.3 is 0 Å². The number of rotatable bonds is 4. The van der Waals surface area contributed by atoms with E-state index in [2.05, 4.69) is 15.3 Å². The number of nitriles is 1. The van der Waals surface area contributed by atoms with Crippen LogP contribution in [-0.2, 0) is 4.79 Å². The number of nitrogens with one attached hydrogen (secondary N) is 1. The first kappa shape index (κ1) is 15.8. The first-order chi connectivity index (χ1) is 11.6. The van der Waals surface area contributed by atoms with E-state index in [9.17, 15) is 14.9 Å². The highest BCUT2D eigenvalue weighted by atomic mass is 32.1. The van der Waals surface area contributed by atoms with Crippen LogP contribution in [0.5, 0.6) is 0 Å². The molecule has 24 heavy (non-hydrogen) atoms. The van der Waals surface area contributed by atoms with Crippen LogP contribution in [0.3, 0.4) is 0 Å². The highest BCUT2D eigenvalue weighted by Gasteiger charge is 2.29. The quantitative estimate of drug-likeness (QED) is 0.584. The number of amides is 1. The maximum atomic E-state index is 12.4. The molecule has 2 aromatic heterocycles. The van der Waals surface area contributed by atoms with Crippen molar-refractivity contribution >= 4 is 39.6 Å². The van der Waals surface area contributed by atoms with Crippen molar-refractivity contribution < 1.29 is 9.59 Å². The van der Waals surface area contributed by atoms with E-state index in [-0.39, 0.29) is 0 Å². The molecule has 2 heterocycles. The number of aromatic nitrogens is 2. The molecule has 1 aromatic carbocycles. The molecule has 0 aliphatic carbocycles. The number of thiazole rings is 1. The summed E-state index contributed by atoms with van der Waals surface area (Å²) in [5, 5.41) is 13.4. The predicted octanol–water partition coefficient (Wildman–Crippen LogP) is 2.96. The fourth-order valence-corrected chi connectivity index (χ4v) is 3.02. The molecule has 3 rings (SSSR count). The standard InChI is InChI=1S/C17H12N4O2S/c1-10-20-9-15(24-10)16(22)12(8-18)17(23)21-14-6-2-5-13-11(14)4-3-7-19-13/h2-7,9,12H,1H3,(H,21,23)/t12-/m0/s1. The summed E-state index contributed by atoms with van der Waals surface area (Å²) in [6.45, 7) is 1.76. The third-order valence-corrected chi connectivity index (χ3v) is 4.35. The van der Waals surface area contributed by atoms with Crippen LogP contribution in [0.25, 0.3) is 10.9 Å². The first-order valence-corrected chi connectivity index (χ1v) is 7.92. The number of carbonyl (C=O) groups excluding carboxylic acids is 2. The van der Waals surface area contributed by atoms with Crippen LogP contribution in [0.2, 0.25) is 0 Å². The highest BCUT2D eigenvalue weighted by Crippen LogP contribution is 2.23. The number of hydrogen-bond donors (Lipinski definition) is 1. The minimum atomic E-state index is -1.42. The largest absolute Gasteiger partial charge is 0.324 e. The molecule has 6 nitrogen and oxygen atoms in total. The number of fused-ring (bicyclic) bond motifs is 1. The summed E-state index contributed by atoms with van der Waals surface area (Å²) in [6, 6.07) is 10.6. The number of ketones is 1. The summed E-state index contributed by atoms with van der Waals surface area (Å²) in [6.07, 6.45) is 3.05. The summed E-state index contributed by atoms with van der Waals surface area (Å²) in [7, 11) is 0. The van der Waals surface area contributed by atoms with Crippen molar-refractivity contribution in [3.63, 3.8) is 0 Å². The van der Waals surface area contributed by atoms with Crippen LogP contribution in [0.1, 0.15) is 14.7 Å². The molecule has 118 valence electrons. The first-order valence-electron chi connectivity index (χ1n) is 7.11. The smallest absolute Gasteiger partial charge is 0.249 e. The Kier molecular flexibility index (Phi) is 4.31. The number of hydrogen-bond acceptors (Lipinski definition) is 6. The summed E-state index contributed by atoms with van der Waals surface area (Å²) in [5.74, 6) is -2.62. The number of pyridine rings is 1. The van der Waals surface area contributed by atoms with E-state index in [0.717, 1.165) is 16.7 Å². The summed E-state index contributed by atoms with van der Waals surface area (Å²) >= 11 is 1.16. The van der Waals surface area contributed by atoms with Crippen LogP contribution in [0.15, 0.2) is 42.7 Å². The summed E-state index contributed by atoms with van der Waals surface area (Å²) in [5.41, 5.74) is 1.23. The minimum Gasteiger partial charge on any atom is -0.324 e. The minimum absolute atomic E-state index is 0.300. The van der Waals surface area contributed by atoms with Gasteiger partial charge in [0, 0.05) is 17.8 Å². The number of anilines is 1. The van der Waals surface area contributed by atoms with Crippen LogP contribution < -0.4 is 5.32 Å². The maximum Gasteiger partial charge on any atom is 0.249 e. The zero-order chi connectivity index (χ0) is 17.1. The van der Waals surface area contributed by atoms with E-state index in [1.807, 2.05) is 12.1 Å². The lowest BCUT2D eigenvalue weighted by Crippen LogP contribution is -2.28. The molecule has 0 unspecified atom stereocenters. The van der Waals surface area contributed by atoms with Gasteiger partial charge in [-0.05, 0) is 31.2 Å². The highest BCUT2D eigenvalue weighted by molar-refractivity contribution is 7.13. The Morgan fingerprint density at radius 3 is 2.79 bits per heavy atom. The summed E-state index contributed by atoms with van der Waals surface area (Å²) in [4.78, 5) is 33.3. The van der Waals surface area contributed by atoms with Gasteiger partial charge in [0.2, 0.25) is 11.7 Å². The van der Waals surface area contributed by atoms with Gasteiger partial charge in [0.1, 0.15) is 0 Å². The number of benzene rings is 1. The molecular weight excluding hydrogens is 324 g/mol. The Balaban J connectivity index is 1.87. The molecule has 1 amide bonds. The lowest BCUT2D eigenvalue weighted by Gasteiger charge is -2.10. The third kappa shape index (κ3) is 3.00. The Hall–Kier alpha value is -3.11. The monoisotopic (exact) mass is 336 g/mol. The Labute approximate surface area is 141 Å². The van der Waals surface area contributed by atoms with Crippen molar-refractivity contribution in [2.45, 2.75) is 6.92 Å². The molecule has 0 saturated heterocycles. The average molecular weight is 336 g/mol. The molecule has 0 aliphatic rings. The van der Waals surface area contributed by atoms with Gasteiger partial charge in [0.25, 0.3) is 0 Å². The van der Waals surface area contributed by atoms with Crippen molar-refractivity contribution in [3.8, 4) is 6.07 Å². The lowest BCUT2D eigenvalue weighted by molar-refractivity contribution is -0.117. The van der Waals surface area contributed by atoms with Gasteiger partial charge in [-0.2, -0.15) is 5.26 Å². The average Bonchev–Trinajstić information content (AvgIpc) is 3.02. The second-order valence-electron chi connectivity index (χ2n) is 5.03. The number of nitrogens with zero attached hydrogens (tertiary/aromatic N) is 3. The molecule has 1 N–H and O–H groups in total. The molecular formula is C17H12N4O2S. The molecule has 3 aromatic rings. The Bertz CT molecular complexity index is 969. The zero-order valence-electron chi connectivity index (χ0n) is 12.7. The molecule has 7 heteroatoms. The summed E-state index contributed by atoms with van der Waals surface area (Å²) < 4.78 is 0. The fourth-order valence-electron chi connectivity index (χ4n) is 2.27. The topological polar surface area (TPSA) is 95.7 Å². The normalized spacial score (nSPS) is 11.7. The number of Topliss-reactive ketones (excluding diaryl/α,β-unsaturated/α-hetero) is 1. The third-order valence-electron chi connectivity index (χ3n) is 3.42. The van der Waals surface area contributed by atoms with Gasteiger partial charge < -0.3 is 5.32 Å². The molecule has 1 atom stereocenters. The molecule has 0 radical (unpaired) electrons. The van der Waals surface area contributed by atoms with E-state index in [4.69, 9.17) is 0 Å². The predicted molar refractivity (Wildman–Crippen MR) is 90.7 cm³/mol. The molecule has 0 aliphatic heterocycles. The van der Waals surface area contributed by atoms with E-state index < -0.39 is 17.6 Å². The van der Waals surface area contributed by atoms with Crippen LogP contribution in [0.4, 0.5) is 5.69 Å². The van der Waals surface area contributed by atoms with Gasteiger partial charge in [-0.3, -0.25) is 14.6 Å². The van der Waals surface area contributed by atoms with Crippen molar-refractivity contribution in [3.05, 3.63) is 52.6 Å².